The Hall–Kier alpha value is -1.58. The molecule has 4 aromatic rings. The van der Waals surface area contributed by atoms with E-state index >= 15 is 0 Å². The van der Waals surface area contributed by atoms with Crippen LogP contribution >= 0.6 is 34.2 Å². The molecule has 0 radical (unpaired) electrons. The number of aromatic nitrogens is 6. The van der Waals surface area contributed by atoms with Crippen molar-refractivity contribution in [1.29, 1.82) is 0 Å². The molecular weight excluding hydrogens is 634 g/mol. The molecule has 0 unspecified atom stereocenters. The van der Waals surface area contributed by atoms with E-state index in [9.17, 15) is 9.59 Å². The molecule has 0 aliphatic carbocycles. The lowest BCUT2D eigenvalue weighted by Crippen LogP contribution is -2.23. The predicted molar refractivity (Wildman–Crippen MR) is 169 cm³/mol. The lowest BCUT2D eigenvalue weighted by molar-refractivity contribution is 0.280. The van der Waals surface area contributed by atoms with Gasteiger partial charge in [-0.1, -0.05) is 34.7 Å². The third-order valence-corrected chi connectivity index (χ3v) is 15.9. The number of fused-ring (bicyclic) bond motifs is 2. The molecule has 0 aliphatic rings. The van der Waals surface area contributed by atoms with Crippen LogP contribution in [-0.2, 0) is 53.5 Å². The Bertz CT molecular complexity index is 1640. The van der Waals surface area contributed by atoms with Crippen molar-refractivity contribution in [2.75, 3.05) is 27.4 Å². The fourth-order valence-electron chi connectivity index (χ4n) is 3.07. The Morgan fingerprint density at radius 2 is 1.12 bits per heavy atom. The molecule has 0 saturated carbocycles. The van der Waals surface area contributed by atoms with Crippen molar-refractivity contribution in [1.82, 2.24) is 30.0 Å². The second-order valence-electron chi connectivity index (χ2n) is 7.43. The first-order valence-electron chi connectivity index (χ1n) is 11.7. The van der Waals surface area contributed by atoms with E-state index in [1.165, 1.54) is 46.3 Å². The van der Waals surface area contributed by atoms with E-state index < -0.39 is 11.4 Å². The van der Waals surface area contributed by atoms with Gasteiger partial charge in [0.1, 0.15) is 22.8 Å². The molecule has 0 spiro atoms. The first-order chi connectivity index (χ1) is 19.2. The van der Waals surface area contributed by atoms with Crippen LogP contribution in [0.15, 0.2) is 58.1 Å². The van der Waals surface area contributed by atoms with Crippen LogP contribution in [0.5, 0.6) is 0 Å². The number of hydrogen-bond donors (Lipinski definition) is 0. The minimum absolute atomic E-state index is 0.192. The first kappa shape index (κ1) is 32.9. The van der Waals surface area contributed by atoms with Gasteiger partial charge in [0, 0.05) is 14.2 Å². The Morgan fingerprint density at radius 1 is 0.725 bits per heavy atom. The number of nitrogens with zero attached hydrogens (tertiary/aromatic N) is 6. The summed E-state index contributed by atoms with van der Waals surface area (Å²) in [4.78, 5) is 24.5. The van der Waals surface area contributed by atoms with Crippen LogP contribution in [0.2, 0.25) is 0 Å². The number of benzene rings is 2. The maximum absolute atomic E-state index is 12.3. The largest absolute Gasteiger partial charge is 0.325 e. The normalized spacial score (nSPS) is 11.9. The van der Waals surface area contributed by atoms with Crippen molar-refractivity contribution in [2.45, 2.75) is 25.6 Å². The van der Waals surface area contributed by atoms with Crippen LogP contribution in [0.25, 0.3) is 21.8 Å². The van der Waals surface area contributed by atoms with Crippen LogP contribution in [0.4, 0.5) is 0 Å². The molecule has 12 nitrogen and oxygen atoms in total. The van der Waals surface area contributed by atoms with E-state index in [4.69, 9.17) is 41.7 Å². The molecule has 216 valence electrons. The topological polar surface area (TPSA) is 132 Å². The predicted octanol–water partition coefficient (Wildman–Crippen LogP) is 4.78. The van der Waals surface area contributed by atoms with E-state index in [0.29, 0.717) is 35.0 Å². The average Bonchev–Trinajstić information content (AvgIpc) is 2.97. The first-order valence-corrected chi connectivity index (χ1v) is 20.2. The monoisotopic (exact) mass is 662 g/mol. The zero-order valence-corrected chi connectivity index (χ0v) is 27.2. The highest BCUT2D eigenvalue weighted by Crippen LogP contribution is 2.61. The Labute approximate surface area is 248 Å². The molecule has 18 heteroatoms. The summed E-state index contributed by atoms with van der Waals surface area (Å²) in [5, 5.41) is 16.9. The summed E-state index contributed by atoms with van der Waals surface area (Å²) in [5.41, 5.74) is -4.08. The summed E-state index contributed by atoms with van der Waals surface area (Å²) < 4.78 is 23.9. The summed E-state index contributed by atoms with van der Waals surface area (Å²) in [6.07, 6.45) is 0. The smallest absolute Gasteiger partial charge is 0.278 e. The minimum atomic E-state index is -2.44. The molecular formula is C22H28N6O6P2S4. The lowest BCUT2D eigenvalue weighted by atomic mass is 10.2. The molecule has 4 rings (SSSR count). The van der Waals surface area contributed by atoms with Gasteiger partial charge < -0.3 is 18.1 Å². The molecule has 2 heterocycles. The molecule has 0 saturated heterocycles. The molecule has 0 aliphatic heterocycles. The van der Waals surface area contributed by atoms with Gasteiger partial charge in [-0.2, -0.15) is 9.36 Å². The second-order valence-corrected chi connectivity index (χ2v) is 20.2. The molecule has 0 fully saturated rings. The highest BCUT2D eigenvalue weighted by atomic mass is 32.9. The SMILES string of the molecule is CCOP(=S)(OCC)SCn1nnc2ccccc2c1=O.COP(=S)(OC)SCn1nnc2ccccc2c1=O. The van der Waals surface area contributed by atoms with E-state index in [1.54, 1.807) is 36.4 Å². The maximum atomic E-state index is 12.3. The van der Waals surface area contributed by atoms with E-state index in [1.807, 2.05) is 26.0 Å². The van der Waals surface area contributed by atoms with Gasteiger partial charge in [-0.25, -0.2) is 0 Å². The number of hydrogen-bond acceptors (Lipinski definition) is 14. The second kappa shape index (κ2) is 15.6. The van der Waals surface area contributed by atoms with Crippen molar-refractivity contribution in [3.8, 4) is 0 Å². The van der Waals surface area contributed by atoms with Crippen molar-refractivity contribution in [2.24, 2.45) is 0 Å². The van der Waals surface area contributed by atoms with Crippen molar-refractivity contribution < 1.29 is 18.1 Å². The Kier molecular flexibility index (Phi) is 12.8. The van der Waals surface area contributed by atoms with Crippen molar-refractivity contribution in [3.63, 3.8) is 0 Å². The van der Waals surface area contributed by atoms with Crippen LogP contribution in [0.3, 0.4) is 0 Å². The Morgan fingerprint density at radius 3 is 1.52 bits per heavy atom. The minimum Gasteiger partial charge on any atom is -0.325 e. The molecule has 0 amide bonds. The van der Waals surface area contributed by atoms with E-state index in [0.717, 1.165) is 0 Å². The van der Waals surface area contributed by atoms with Crippen molar-refractivity contribution >= 4 is 79.6 Å². The van der Waals surface area contributed by atoms with Gasteiger partial charge in [0.05, 0.1) is 24.0 Å². The average molecular weight is 663 g/mol. The van der Waals surface area contributed by atoms with Crippen LogP contribution in [-0.4, -0.2) is 57.4 Å². The molecule has 0 N–H and O–H groups in total. The molecule has 2 aromatic heterocycles. The van der Waals surface area contributed by atoms with Gasteiger partial charge in [-0.3, -0.25) is 9.59 Å². The summed E-state index contributed by atoms with van der Waals surface area (Å²) in [6.45, 7) is 4.68. The zero-order chi connectivity index (χ0) is 29.2. The summed E-state index contributed by atoms with van der Waals surface area (Å²) in [7, 11) is 2.98. The zero-order valence-electron chi connectivity index (χ0n) is 22.1. The maximum Gasteiger partial charge on any atom is 0.278 e. The van der Waals surface area contributed by atoms with Gasteiger partial charge in [-0.15, -0.1) is 10.2 Å². The summed E-state index contributed by atoms with van der Waals surface area (Å²) >= 11 is 13.1. The van der Waals surface area contributed by atoms with Crippen LogP contribution < -0.4 is 11.1 Å². The van der Waals surface area contributed by atoms with Gasteiger partial charge in [0.25, 0.3) is 11.1 Å². The fourth-order valence-corrected chi connectivity index (χ4v) is 9.83. The molecule has 40 heavy (non-hydrogen) atoms. The summed E-state index contributed by atoms with van der Waals surface area (Å²) in [6, 6.07) is 14.2. The summed E-state index contributed by atoms with van der Waals surface area (Å²) in [5.74, 6) is 0.504. The highest BCUT2D eigenvalue weighted by molar-refractivity contribution is 8.67. The quantitative estimate of drug-likeness (QED) is 0.193. The van der Waals surface area contributed by atoms with Gasteiger partial charge in [0.15, 0.2) is 0 Å². The molecule has 0 atom stereocenters. The number of rotatable bonds is 12. The highest BCUT2D eigenvalue weighted by Gasteiger charge is 2.20. The molecule has 2 aromatic carbocycles. The van der Waals surface area contributed by atoms with Gasteiger partial charge >= 0.3 is 0 Å². The third-order valence-electron chi connectivity index (χ3n) is 4.96. The molecule has 0 bridgehead atoms. The van der Waals surface area contributed by atoms with E-state index in [-0.39, 0.29) is 22.9 Å². The van der Waals surface area contributed by atoms with Gasteiger partial charge in [-0.05, 0) is 84.5 Å². The fraction of sp³-hybridized carbons (Fsp3) is 0.364. The standard InChI is InChI=1S/C12H16N3O3PS2.C10H12N3O3PS2/c1-3-17-19(20,18-4-2)21-9-15-12(16)10-7-5-6-8-11(10)13-14-15;1-15-17(18,16-2)19-7-13-10(14)8-5-3-4-6-9(8)11-12-13/h5-8H,3-4,9H2,1-2H3;3-6H,7H2,1-2H3. The van der Waals surface area contributed by atoms with Gasteiger partial charge in [0.2, 0.25) is 11.4 Å². The third kappa shape index (κ3) is 8.71. The van der Waals surface area contributed by atoms with Crippen molar-refractivity contribution in [3.05, 3.63) is 69.2 Å². The Balaban J connectivity index is 0.000000222. The van der Waals surface area contributed by atoms with E-state index in [2.05, 4.69) is 20.6 Å². The lowest BCUT2D eigenvalue weighted by Gasteiger charge is -2.19. The van der Waals surface area contributed by atoms with Crippen LogP contribution in [0, 0.1) is 0 Å². The van der Waals surface area contributed by atoms with Crippen LogP contribution in [0.1, 0.15) is 13.8 Å².